The summed E-state index contributed by atoms with van der Waals surface area (Å²) in [7, 11) is 1.53. The van der Waals surface area contributed by atoms with Crippen LogP contribution in [0, 0.1) is 0 Å². The Morgan fingerprint density at radius 3 is 2.67 bits per heavy atom. The number of methoxy groups -OCH3 is 1. The number of cyclic esters (lactones) is 1. The van der Waals surface area contributed by atoms with E-state index in [1.54, 1.807) is 24.3 Å². The van der Waals surface area contributed by atoms with Gasteiger partial charge in [-0.2, -0.15) is 0 Å². The predicted molar refractivity (Wildman–Crippen MR) is 62.9 cm³/mol. The Morgan fingerprint density at radius 1 is 1.44 bits per heavy atom. The van der Waals surface area contributed by atoms with Crippen molar-refractivity contribution in [3.05, 3.63) is 24.3 Å². The van der Waals surface area contributed by atoms with E-state index < -0.39 is 18.1 Å². The summed E-state index contributed by atoms with van der Waals surface area (Å²) in [5.41, 5.74) is 0.480. The predicted octanol–water partition coefficient (Wildman–Crippen LogP) is 1.50. The third-order valence-corrected chi connectivity index (χ3v) is 2.76. The van der Waals surface area contributed by atoms with Gasteiger partial charge in [0.15, 0.2) is 0 Å². The molecule has 1 saturated heterocycles. The molecule has 1 atom stereocenters. The quantitative estimate of drug-likeness (QED) is 0.880. The van der Waals surface area contributed by atoms with Crippen molar-refractivity contribution < 1.29 is 24.2 Å². The lowest BCUT2D eigenvalue weighted by molar-refractivity contribution is -0.139. The van der Waals surface area contributed by atoms with Gasteiger partial charge in [0.25, 0.3) is 0 Å². The number of benzene rings is 1. The molecule has 0 saturated carbocycles. The molecule has 1 aromatic carbocycles. The Bertz CT molecular complexity index is 456. The van der Waals surface area contributed by atoms with Gasteiger partial charge in [0.2, 0.25) is 0 Å². The van der Waals surface area contributed by atoms with Gasteiger partial charge in [-0.15, -0.1) is 0 Å². The second-order valence-corrected chi connectivity index (χ2v) is 3.83. The van der Waals surface area contributed by atoms with E-state index in [2.05, 4.69) is 0 Å². The van der Waals surface area contributed by atoms with Crippen LogP contribution in [0.3, 0.4) is 0 Å². The number of hydrogen-bond acceptors (Lipinski definition) is 4. The Balaban J connectivity index is 2.31. The third kappa shape index (κ3) is 2.22. The molecule has 0 bridgehead atoms. The monoisotopic (exact) mass is 251 g/mol. The number of carbonyl (C=O) groups excluding carboxylic acids is 1. The molecule has 6 nitrogen and oxygen atoms in total. The van der Waals surface area contributed by atoms with E-state index in [1.807, 2.05) is 0 Å². The van der Waals surface area contributed by atoms with Crippen molar-refractivity contribution in [1.82, 2.24) is 0 Å². The fraction of sp³-hybridized carbons (Fsp3) is 0.333. The summed E-state index contributed by atoms with van der Waals surface area (Å²) >= 11 is 0. The molecule has 96 valence electrons. The molecule has 0 aliphatic carbocycles. The molecule has 0 aromatic heterocycles. The molecule has 1 heterocycles. The van der Waals surface area contributed by atoms with E-state index in [9.17, 15) is 9.59 Å². The van der Waals surface area contributed by atoms with Crippen LogP contribution < -0.4 is 9.64 Å². The Morgan fingerprint density at radius 2 is 2.11 bits per heavy atom. The zero-order chi connectivity index (χ0) is 13.1. The molecular weight excluding hydrogens is 238 g/mol. The van der Waals surface area contributed by atoms with Crippen LogP contribution in [0.2, 0.25) is 0 Å². The Kier molecular flexibility index (Phi) is 3.36. The number of rotatable bonds is 3. The van der Waals surface area contributed by atoms with Crippen LogP contribution in [0.15, 0.2) is 24.3 Å². The number of anilines is 1. The molecule has 1 unspecified atom stereocenters. The number of ether oxygens (including phenoxy) is 2. The lowest BCUT2D eigenvalue weighted by Crippen LogP contribution is -2.50. The maximum atomic E-state index is 11.7. The largest absolute Gasteiger partial charge is 0.497 e. The van der Waals surface area contributed by atoms with E-state index in [0.29, 0.717) is 11.4 Å². The van der Waals surface area contributed by atoms with Crippen LogP contribution in [0.25, 0.3) is 0 Å². The summed E-state index contributed by atoms with van der Waals surface area (Å²) in [6.45, 7) is 0.127. The van der Waals surface area contributed by atoms with Gasteiger partial charge in [0, 0.05) is 12.1 Å². The van der Waals surface area contributed by atoms with Crippen molar-refractivity contribution in [2.45, 2.75) is 12.5 Å². The lowest BCUT2D eigenvalue weighted by Gasteiger charge is -2.32. The maximum Gasteiger partial charge on any atom is 0.415 e. The number of hydrogen-bond donors (Lipinski definition) is 1. The zero-order valence-electron chi connectivity index (χ0n) is 9.83. The van der Waals surface area contributed by atoms with E-state index in [0.717, 1.165) is 4.90 Å². The third-order valence-electron chi connectivity index (χ3n) is 2.76. The van der Waals surface area contributed by atoms with E-state index in [-0.39, 0.29) is 13.0 Å². The smallest absolute Gasteiger partial charge is 0.415 e. The van der Waals surface area contributed by atoms with Crippen LogP contribution >= 0.6 is 0 Å². The van der Waals surface area contributed by atoms with Crippen LogP contribution in [0.4, 0.5) is 10.5 Å². The second kappa shape index (κ2) is 4.95. The molecule has 1 fully saturated rings. The molecule has 1 aromatic rings. The van der Waals surface area contributed by atoms with Crippen molar-refractivity contribution in [3.8, 4) is 5.75 Å². The first-order chi connectivity index (χ1) is 8.63. The van der Waals surface area contributed by atoms with Crippen molar-refractivity contribution in [3.63, 3.8) is 0 Å². The summed E-state index contributed by atoms with van der Waals surface area (Å²) in [4.78, 5) is 23.9. The van der Waals surface area contributed by atoms with Crippen molar-refractivity contribution in [2.24, 2.45) is 0 Å². The molecule has 2 rings (SSSR count). The van der Waals surface area contributed by atoms with Crippen LogP contribution in [0.1, 0.15) is 6.42 Å². The van der Waals surface area contributed by atoms with E-state index >= 15 is 0 Å². The van der Waals surface area contributed by atoms with Gasteiger partial charge in [-0.25, -0.2) is 9.59 Å². The maximum absolute atomic E-state index is 11.7. The fourth-order valence-electron chi connectivity index (χ4n) is 1.85. The van der Waals surface area contributed by atoms with Gasteiger partial charge in [-0.05, 0) is 24.3 Å². The summed E-state index contributed by atoms with van der Waals surface area (Å²) in [5.74, 6) is -0.404. The van der Waals surface area contributed by atoms with Gasteiger partial charge in [-0.1, -0.05) is 0 Å². The molecule has 0 radical (unpaired) electrons. The van der Waals surface area contributed by atoms with Crippen LogP contribution in [-0.4, -0.2) is 36.9 Å². The van der Waals surface area contributed by atoms with Gasteiger partial charge in [0.1, 0.15) is 11.8 Å². The van der Waals surface area contributed by atoms with Gasteiger partial charge in [-0.3, -0.25) is 4.90 Å². The molecular formula is C12H13NO5. The van der Waals surface area contributed by atoms with Crippen LogP contribution in [-0.2, 0) is 9.53 Å². The SMILES string of the molecule is COc1ccc(N2C(=O)OCCC2C(=O)O)cc1. The van der Waals surface area contributed by atoms with Crippen molar-refractivity contribution >= 4 is 17.7 Å². The highest BCUT2D eigenvalue weighted by molar-refractivity contribution is 5.96. The highest BCUT2D eigenvalue weighted by Crippen LogP contribution is 2.25. The Hall–Kier alpha value is -2.24. The molecule has 1 N–H and O–H groups in total. The molecule has 18 heavy (non-hydrogen) atoms. The lowest BCUT2D eigenvalue weighted by atomic mass is 10.1. The van der Waals surface area contributed by atoms with E-state index in [4.69, 9.17) is 14.6 Å². The zero-order valence-corrected chi connectivity index (χ0v) is 9.83. The van der Waals surface area contributed by atoms with E-state index in [1.165, 1.54) is 7.11 Å². The minimum Gasteiger partial charge on any atom is -0.497 e. The van der Waals surface area contributed by atoms with Crippen molar-refractivity contribution in [1.29, 1.82) is 0 Å². The molecule has 1 amide bonds. The average Bonchev–Trinajstić information content (AvgIpc) is 2.38. The van der Waals surface area contributed by atoms with Gasteiger partial charge < -0.3 is 14.6 Å². The first-order valence-electron chi connectivity index (χ1n) is 5.46. The highest BCUT2D eigenvalue weighted by Gasteiger charge is 2.35. The van der Waals surface area contributed by atoms with Gasteiger partial charge in [0.05, 0.1) is 13.7 Å². The molecule has 0 spiro atoms. The standard InChI is InChI=1S/C12H13NO5/c1-17-9-4-2-8(3-5-9)13-10(11(14)15)6-7-18-12(13)16/h2-5,10H,6-7H2,1H3,(H,14,15). The number of carboxylic acid groups (broad SMARTS) is 1. The highest BCUT2D eigenvalue weighted by atomic mass is 16.6. The minimum absolute atomic E-state index is 0.127. The number of nitrogens with zero attached hydrogens (tertiary/aromatic N) is 1. The second-order valence-electron chi connectivity index (χ2n) is 3.83. The number of carbonyl (C=O) groups is 2. The van der Waals surface area contributed by atoms with Gasteiger partial charge >= 0.3 is 12.1 Å². The molecule has 1 aliphatic rings. The summed E-state index contributed by atoms with van der Waals surface area (Å²) in [6, 6.07) is 5.69. The minimum atomic E-state index is -1.04. The fourth-order valence-corrected chi connectivity index (χ4v) is 1.85. The average molecular weight is 251 g/mol. The summed E-state index contributed by atoms with van der Waals surface area (Å²) in [5, 5.41) is 9.11. The topological polar surface area (TPSA) is 76.1 Å². The molecule has 1 aliphatic heterocycles. The van der Waals surface area contributed by atoms with Crippen LogP contribution in [0.5, 0.6) is 5.75 Å². The first kappa shape index (κ1) is 12.2. The Labute approximate surface area is 104 Å². The number of amides is 1. The number of aliphatic carboxylic acids is 1. The normalized spacial score (nSPS) is 19.3. The first-order valence-corrected chi connectivity index (χ1v) is 5.46. The van der Waals surface area contributed by atoms with Crippen molar-refractivity contribution in [2.75, 3.05) is 18.6 Å². The number of carboxylic acids is 1. The summed E-state index contributed by atoms with van der Waals surface area (Å²) < 4.78 is 9.88. The summed E-state index contributed by atoms with van der Waals surface area (Å²) in [6.07, 6.45) is -0.369. The molecule has 6 heteroatoms.